The van der Waals surface area contributed by atoms with Gasteiger partial charge < -0.3 is 0 Å². The fourth-order valence-electron chi connectivity index (χ4n) is 5.02. The normalized spacial score (nSPS) is 28.4. The number of hydrogen-bond acceptors (Lipinski definition) is 2. The minimum absolute atomic E-state index is 0.0188. The van der Waals surface area contributed by atoms with Crippen LogP contribution < -0.4 is 0 Å². The third-order valence-electron chi connectivity index (χ3n) is 7.46. The molecule has 26 heavy (non-hydrogen) atoms. The summed E-state index contributed by atoms with van der Waals surface area (Å²) in [5.74, 6) is 1.43. The molecule has 3 aliphatic rings. The molecule has 0 amide bonds. The minimum atomic E-state index is -0.184. The maximum absolute atomic E-state index is 6.51. The molecule has 2 nitrogen and oxygen atoms in total. The van der Waals surface area contributed by atoms with Crippen LogP contribution in [0.1, 0.15) is 105 Å². The van der Waals surface area contributed by atoms with Crippen molar-refractivity contribution in [1.82, 2.24) is 0 Å². The first-order valence-corrected chi connectivity index (χ1v) is 13.6. The average molecular weight is 427 g/mol. The van der Waals surface area contributed by atoms with E-state index in [1.54, 1.807) is 0 Å². The Morgan fingerprint density at radius 1 is 0.846 bits per heavy atom. The van der Waals surface area contributed by atoms with Crippen molar-refractivity contribution in [3.8, 4) is 0 Å². The van der Waals surface area contributed by atoms with Crippen LogP contribution >= 0.6 is 0 Å². The van der Waals surface area contributed by atoms with E-state index in [9.17, 15) is 0 Å². The molecule has 2 aliphatic carbocycles. The van der Waals surface area contributed by atoms with Crippen molar-refractivity contribution in [3.05, 3.63) is 0 Å². The van der Waals surface area contributed by atoms with Gasteiger partial charge in [-0.15, -0.1) is 0 Å². The second-order valence-corrected chi connectivity index (χ2v) is 12.9. The molecular formula is C22H41BO2Se. The van der Waals surface area contributed by atoms with E-state index in [0.29, 0.717) is 5.82 Å². The fourth-order valence-corrected chi connectivity index (χ4v) is 7.82. The summed E-state index contributed by atoms with van der Waals surface area (Å²) >= 11 is 0.869. The molecule has 4 heteroatoms. The fraction of sp³-hybridized carbons (Fsp3) is 1.00. The van der Waals surface area contributed by atoms with E-state index in [2.05, 4.69) is 27.7 Å². The van der Waals surface area contributed by atoms with E-state index in [4.69, 9.17) is 9.31 Å². The first kappa shape index (κ1) is 21.2. The predicted octanol–water partition coefficient (Wildman–Crippen LogP) is 6.68. The Bertz CT molecular complexity index is 412. The van der Waals surface area contributed by atoms with Gasteiger partial charge in [-0.25, -0.2) is 0 Å². The van der Waals surface area contributed by atoms with Crippen LogP contribution in [-0.2, 0) is 9.31 Å². The Labute approximate surface area is 169 Å². The van der Waals surface area contributed by atoms with E-state index < -0.39 is 0 Å². The van der Waals surface area contributed by atoms with Gasteiger partial charge in [-0.05, 0) is 0 Å². The molecule has 0 aromatic carbocycles. The molecule has 2 saturated carbocycles. The van der Waals surface area contributed by atoms with Crippen LogP contribution in [0, 0.1) is 5.92 Å². The van der Waals surface area contributed by atoms with Gasteiger partial charge >= 0.3 is 169 Å². The van der Waals surface area contributed by atoms with Gasteiger partial charge in [0.15, 0.2) is 0 Å². The van der Waals surface area contributed by atoms with Gasteiger partial charge in [0.05, 0.1) is 0 Å². The van der Waals surface area contributed by atoms with Crippen molar-refractivity contribution in [1.29, 1.82) is 0 Å². The molecule has 0 N–H and O–H groups in total. The molecule has 0 spiro atoms. The van der Waals surface area contributed by atoms with E-state index in [0.717, 1.165) is 25.7 Å². The van der Waals surface area contributed by atoms with Crippen molar-refractivity contribution >= 4 is 22.1 Å². The SMILES string of the molecule is CC1(C)OB(C(CCC[Se]C2CCCCC2)C2CCCCC2)OC1(C)C. The van der Waals surface area contributed by atoms with E-state index in [1.165, 1.54) is 82.4 Å². The summed E-state index contributed by atoms with van der Waals surface area (Å²) in [4.78, 5) is 1.08. The number of hydrogen-bond donors (Lipinski definition) is 0. The molecule has 0 bridgehead atoms. The molecule has 1 aliphatic heterocycles. The zero-order valence-corrected chi connectivity index (χ0v) is 19.4. The molecule has 1 unspecified atom stereocenters. The topological polar surface area (TPSA) is 18.5 Å². The second-order valence-electron chi connectivity index (χ2n) is 9.96. The first-order valence-electron chi connectivity index (χ1n) is 11.4. The summed E-state index contributed by atoms with van der Waals surface area (Å²) in [5, 5.41) is 1.47. The summed E-state index contributed by atoms with van der Waals surface area (Å²) in [6.45, 7) is 8.82. The molecular weight excluding hydrogens is 386 g/mol. The van der Waals surface area contributed by atoms with Crippen LogP contribution in [0.2, 0.25) is 16.0 Å². The molecule has 1 atom stereocenters. The van der Waals surface area contributed by atoms with E-state index in [1.807, 2.05) is 0 Å². The Morgan fingerprint density at radius 3 is 1.96 bits per heavy atom. The van der Waals surface area contributed by atoms with Gasteiger partial charge in [-0.2, -0.15) is 0 Å². The average Bonchev–Trinajstić information content (AvgIpc) is 2.84. The van der Waals surface area contributed by atoms with Crippen LogP contribution in [0.4, 0.5) is 0 Å². The van der Waals surface area contributed by atoms with Gasteiger partial charge in [-0.3, -0.25) is 0 Å². The monoisotopic (exact) mass is 428 g/mol. The van der Waals surface area contributed by atoms with E-state index in [-0.39, 0.29) is 18.3 Å². The predicted molar refractivity (Wildman–Crippen MR) is 113 cm³/mol. The molecule has 150 valence electrons. The molecule has 0 aromatic heterocycles. The van der Waals surface area contributed by atoms with Gasteiger partial charge in [0, 0.05) is 0 Å². The van der Waals surface area contributed by atoms with Gasteiger partial charge in [0.1, 0.15) is 0 Å². The molecule has 3 fully saturated rings. The summed E-state index contributed by atoms with van der Waals surface area (Å²) in [6, 6.07) is 0. The Hall–Kier alpha value is 0.504. The molecule has 0 aromatic rings. The Morgan fingerprint density at radius 2 is 1.38 bits per heavy atom. The van der Waals surface area contributed by atoms with Crippen LogP contribution in [0.25, 0.3) is 0 Å². The zero-order chi connectivity index (χ0) is 18.6. The summed E-state index contributed by atoms with van der Waals surface area (Å²) < 4.78 is 13.0. The van der Waals surface area contributed by atoms with Gasteiger partial charge in [-0.1, -0.05) is 0 Å². The van der Waals surface area contributed by atoms with Crippen molar-refractivity contribution in [3.63, 3.8) is 0 Å². The molecule has 1 heterocycles. The summed E-state index contributed by atoms with van der Waals surface area (Å²) in [5.41, 5.74) is -0.368. The van der Waals surface area contributed by atoms with Crippen molar-refractivity contribution < 1.29 is 9.31 Å². The van der Waals surface area contributed by atoms with E-state index >= 15 is 0 Å². The summed E-state index contributed by atoms with van der Waals surface area (Å²) in [6.07, 6.45) is 17.2. The van der Waals surface area contributed by atoms with Crippen LogP contribution in [0.3, 0.4) is 0 Å². The summed E-state index contributed by atoms with van der Waals surface area (Å²) in [7, 11) is 0.0188. The van der Waals surface area contributed by atoms with Crippen molar-refractivity contribution in [2.24, 2.45) is 5.92 Å². The van der Waals surface area contributed by atoms with Crippen LogP contribution in [-0.4, -0.2) is 33.3 Å². The Balaban J connectivity index is 1.53. The van der Waals surface area contributed by atoms with Gasteiger partial charge in [0.2, 0.25) is 0 Å². The van der Waals surface area contributed by atoms with Crippen molar-refractivity contribution in [2.45, 2.75) is 132 Å². The molecule has 0 radical (unpaired) electrons. The van der Waals surface area contributed by atoms with Crippen LogP contribution in [0.5, 0.6) is 0 Å². The standard InChI is InChI=1S/C22H41BO2Se/c1-21(2)22(3,4)25-23(24-21)20(18-12-7-5-8-13-18)16-11-17-26-19-14-9-6-10-15-19/h18-20H,5-17H2,1-4H3. The third-order valence-corrected chi connectivity index (χ3v) is 10.5. The Kier molecular flexibility index (Phi) is 7.62. The first-order chi connectivity index (χ1) is 12.4. The third kappa shape index (κ3) is 5.31. The van der Waals surface area contributed by atoms with Crippen molar-refractivity contribution in [2.75, 3.05) is 0 Å². The number of rotatable bonds is 7. The van der Waals surface area contributed by atoms with Gasteiger partial charge in [0.25, 0.3) is 0 Å². The zero-order valence-electron chi connectivity index (χ0n) is 17.7. The second kappa shape index (κ2) is 9.33. The quantitative estimate of drug-likeness (QED) is 0.333. The molecule has 3 rings (SSSR count). The molecule has 1 saturated heterocycles. The van der Waals surface area contributed by atoms with Crippen LogP contribution in [0.15, 0.2) is 0 Å². The maximum atomic E-state index is 6.51.